The van der Waals surface area contributed by atoms with Crippen LogP contribution in [0.25, 0.3) is 0 Å². The van der Waals surface area contributed by atoms with E-state index in [-0.39, 0.29) is 32.7 Å². The molecule has 2 aromatic carbocycles. The van der Waals surface area contributed by atoms with E-state index in [0.29, 0.717) is 5.75 Å². The number of phenols is 1. The predicted octanol–water partition coefficient (Wildman–Crippen LogP) is 3.54. The van der Waals surface area contributed by atoms with Gasteiger partial charge in [0.25, 0.3) is 5.91 Å². The van der Waals surface area contributed by atoms with Gasteiger partial charge in [-0.05, 0) is 24.3 Å². The first kappa shape index (κ1) is 15.3. The molecule has 0 spiro atoms. The first-order chi connectivity index (χ1) is 9.92. The van der Waals surface area contributed by atoms with Crippen molar-refractivity contribution in [3.05, 3.63) is 45.9 Å². The third-order valence-corrected chi connectivity index (χ3v) is 3.42. The quantitative estimate of drug-likeness (QED) is 0.595. The molecule has 1 amide bonds. The number of carbonyl (C=O) groups excluding carboxylic acids is 1. The fraction of sp³-hybridized carbons (Fsp3) is 0.0714. The van der Waals surface area contributed by atoms with Crippen LogP contribution in [0.4, 0.5) is 11.4 Å². The summed E-state index contributed by atoms with van der Waals surface area (Å²) in [6.07, 6.45) is 0. The van der Waals surface area contributed by atoms with Crippen molar-refractivity contribution in [3.63, 3.8) is 0 Å². The van der Waals surface area contributed by atoms with E-state index < -0.39 is 5.91 Å². The number of carbonyl (C=O) groups is 1. The molecule has 0 unspecified atom stereocenters. The number of phenolic OH excluding ortho intramolecular Hbond substituents is 1. The molecule has 0 bridgehead atoms. The molecule has 21 heavy (non-hydrogen) atoms. The average Bonchev–Trinajstić information content (AvgIpc) is 2.46. The monoisotopic (exact) mass is 326 g/mol. The molecule has 2 aromatic rings. The van der Waals surface area contributed by atoms with E-state index in [1.54, 1.807) is 6.07 Å². The average molecular weight is 327 g/mol. The predicted molar refractivity (Wildman–Crippen MR) is 83.5 cm³/mol. The Balaban J connectivity index is 2.26. The van der Waals surface area contributed by atoms with Gasteiger partial charge in [0.05, 0.1) is 28.5 Å². The molecule has 0 fully saturated rings. The number of nitrogens with two attached hydrogens (primary N) is 1. The zero-order chi connectivity index (χ0) is 15.6. The van der Waals surface area contributed by atoms with Crippen LogP contribution < -0.4 is 15.8 Å². The van der Waals surface area contributed by atoms with Crippen molar-refractivity contribution in [1.82, 2.24) is 0 Å². The third kappa shape index (κ3) is 3.32. The van der Waals surface area contributed by atoms with Gasteiger partial charge in [0.2, 0.25) is 0 Å². The van der Waals surface area contributed by atoms with Gasteiger partial charge in [-0.2, -0.15) is 0 Å². The Morgan fingerprint density at radius 1 is 1.24 bits per heavy atom. The number of hydrogen-bond acceptors (Lipinski definition) is 4. The van der Waals surface area contributed by atoms with Crippen LogP contribution >= 0.6 is 23.2 Å². The smallest absolute Gasteiger partial charge is 0.255 e. The second-order valence-electron chi connectivity index (χ2n) is 4.19. The van der Waals surface area contributed by atoms with Crippen LogP contribution in [0.5, 0.6) is 11.5 Å². The van der Waals surface area contributed by atoms with E-state index >= 15 is 0 Å². The summed E-state index contributed by atoms with van der Waals surface area (Å²) in [5.74, 6) is -0.112. The first-order valence-electron chi connectivity index (χ1n) is 5.85. The van der Waals surface area contributed by atoms with Gasteiger partial charge in [0.1, 0.15) is 11.5 Å². The maximum Gasteiger partial charge on any atom is 0.255 e. The lowest BCUT2D eigenvalue weighted by Gasteiger charge is -2.10. The maximum atomic E-state index is 12.1. The van der Waals surface area contributed by atoms with Gasteiger partial charge in [-0.3, -0.25) is 4.79 Å². The highest BCUT2D eigenvalue weighted by molar-refractivity contribution is 6.39. The van der Waals surface area contributed by atoms with Crippen LogP contribution in [0.1, 0.15) is 10.4 Å². The van der Waals surface area contributed by atoms with E-state index in [1.807, 2.05) is 0 Å². The largest absolute Gasteiger partial charge is 0.506 e. The Morgan fingerprint density at radius 3 is 2.38 bits per heavy atom. The van der Waals surface area contributed by atoms with Crippen molar-refractivity contribution in [2.75, 3.05) is 18.2 Å². The second kappa shape index (κ2) is 6.11. The number of anilines is 2. The van der Waals surface area contributed by atoms with Crippen molar-refractivity contribution < 1.29 is 14.6 Å². The minimum Gasteiger partial charge on any atom is -0.506 e. The lowest BCUT2D eigenvalue weighted by Crippen LogP contribution is -2.12. The number of ether oxygens (including phenoxy) is 1. The van der Waals surface area contributed by atoms with Gasteiger partial charge in [0.15, 0.2) is 0 Å². The Morgan fingerprint density at radius 2 is 1.86 bits per heavy atom. The fourth-order valence-electron chi connectivity index (χ4n) is 1.65. The van der Waals surface area contributed by atoms with Crippen molar-refractivity contribution in [3.8, 4) is 11.5 Å². The molecule has 5 nitrogen and oxygen atoms in total. The van der Waals surface area contributed by atoms with Gasteiger partial charge in [-0.15, -0.1) is 0 Å². The lowest BCUT2D eigenvalue weighted by molar-refractivity contribution is 0.102. The molecule has 4 N–H and O–H groups in total. The van der Waals surface area contributed by atoms with Crippen LogP contribution in [-0.4, -0.2) is 18.1 Å². The normalized spacial score (nSPS) is 10.2. The lowest BCUT2D eigenvalue weighted by atomic mass is 10.2. The molecular formula is C14H12Cl2N2O3. The highest BCUT2D eigenvalue weighted by Crippen LogP contribution is 2.31. The van der Waals surface area contributed by atoms with Gasteiger partial charge in [-0.1, -0.05) is 23.2 Å². The summed E-state index contributed by atoms with van der Waals surface area (Å²) in [6.45, 7) is 0. The Hall–Kier alpha value is -2.11. The van der Waals surface area contributed by atoms with Crippen molar-refractivity contribution in [2.45, 2.75) is 0 Å². The molecule has 0 aliphatic carbocycles. The summed E-state index contributed by atoms with van der Waals surface area (Å²) in [5.41, 5.74) is 6.29. The summed E-state index contributed by atoms with van der Waals surface area (Å²) >= 11 is 11.8. The Labute approximate surface area is 131 Å². The van der Waals surface area contributed by atoms with Crippen LogP contribution in [0, 0.1) is 0 Å². The highest BCUT2D eigenvalue weighted by atomic mass is 35.5. The van der Waals surface area contributed by atoms with Crippen molar-refractivity contribution in [2.24, 2.45) is 0 Å². The third-order valence-electron chi connectivity index (χ3n) is 2.79. The molecule has 0 aliphatic rings. The number of nitrogen functional groups attached to an aromatic ring is 1. The van der Waals surface area contributed by atoms with Gasteiger partial charge in [-0.25, -0.2) is 0 Å². The molecule has 0 atom stereocenters. The number of methoxy groups -OCH3 is 1. The molecular weight excluding hydrogens is 315 g/mol. The SMILES string of the molecule is COc1ccc(NC(=O)c2cc(Cl)c(N)c(Cl)c2)c(O)c1. The van der Waals surface area contributed by atoms with Crippen molar-refractivity contribution >= 4 is 40.5 Å². The minimum absolute atomic E-state index is 0.115. The number of benzene rings is 2. The number of halogens is 2. The van der Waals surface area contributed by atoms with Gasteiger partial charge in [0, 0.05) is 11.6 Å². The number of aromatic hydroxyl groups is 1. The Kier molecular flexibility index (Phi) is 4.45. The summed E-state index contributed by atoms with van der Waals surface area (Å²) < 4.78 is 4.96. The molecule has 0 saturated carbocycles. The van der Waals surface area contributed by atoms with Crippen LogP contribution in [0.15, 0.2) is 30.3 Å². The van der Waals surface area contributed by atoms with Gasteiger partial charge >= 0.3 is 0 Å². The summed E-state index contributed by atoms with van der Waals surface area (Å²) in [7, 11) is 1.48. The van der Waals surface area contributed by atoms with E-state index in [1.165, 1.54) is 31.4 Å². The van der Waals surface area contributed by atoms with E-state index in [0.717, 1.165) is 0 Å². The fourth-order valence-corrected chi connectivity index (χ4v) is 2.14. The molecule has 0 aromatic heterocycles. The molecule has 2 rings (SSSR count). The zero-order valence-corrected chi connectivity index (χ0v) is 12.5. The minimum atomic E-state index is -0.473. The number of hydrogen-bond donors (Lipinski definition) is 3. The summed E-state index contributed by atoms with van der Waals surface area (Å²) in [4.78, 5) is 12.1. The zero-order valence-electron chi connectivity index (χ0n) is 11.0. The van der Waals surface area contributed by atoms with E-state index in [9.17, 15) is 9.90 Å². The van der Waals surface area contributed by atoms with Crippen molar-refractivity contribution in [1.29, 1.82) is 0 Å². The van der Waals surface area contributed by atoms with E-state index in [4.69, 9.17) is 33.7 Å². The standard InChI is InChI=1S/C14H12Cl2N2O3/c1-21-8-2-3-11(12(19)6-8)18-14(20)7-4-9(15)13(17)10(16)5-7/h2-6,19H,17H2,1H3,(H,18,20). The molecule has 110 valence electrons. The maximum absolute atomic E-state index is 12.1. The first-order valence-corrected chi connectivity index (χ1v) is 6.61. The molecule has 0 heterocycles. The number of amides is 1. The molecule has 7 heteroatoms. The summed E-state index contributed by atoms with van der Waals surface area (Å²) in [5, 5.41) is 12.7. The molecule has 0 radical (unpaired) electrons. The topological polar surface area (TPSA) is 84.6 Å². The van der Waals surface area contributed by atoms with Crippen LogP contribution in [0.2, 0.25) is 10.0 Å². The number of rotatable bonds is 3. The van der Waals surface area contributed by atoms with Gasteiger partial charge < -0.3 is 20.9 Å². The second-order valence-corrected chi connectivity index (χ2v) is 5.01. The highest BCUT2D eigenvalue weighted by Gasteiger charge is 2.13. The number of nitrogens with one attached hydrogen (secondary N) is 1. The molecule has 0 aliphatic heterocycles. The summed E-state index contributed by atoms with van der Waals surface area (Å²) in [6, 6.07) is 7.32. The Bertz CT molecular complexity index is 682. The van der Waals surface area contributed by atoms with Crippen LogP contribution in [0.3, 0.4) is 0 Å². The van der Waals surface area contributed by atoms with E-state index in [2.05, 4.69) is 5.32 Å². The van der Waals surface area contributed by atoms with Crippen LogP contribution in [-0.2, 0) is 0 Å². The molecule has 0 saturated heterocycles.